The summed E-state index contributed by atoms with van der Waals surface area (Å²) in [5, 5.41) is 10.2. The van der Waals surface area contributed by atoms with Crippen LogP contribution >= 0.6 is 0 Å². The van der Waals surface area contributed by atoms with Gasteiger partial charge in [0.1, 0.15) is 13.2 Å². The first kappa shape index (κ1) is 18.6. The fourth-order valence-corrected chi connectivity index (χ4v) is 3.55. The van der Waals surface area contributed by atoms with E-state index in [0.29, 0.717) is 37.7 Å². The van der Waals surface area contributed by atoms with Gasteiger partial charge in [0.25, 0.3) is 0 Å². The predicted octanol–water partition coefficient (Wildman–Crippen LogP) is 2.78. The molecule has 148 valence electrons. The van der Waals surface area contributed by atoms with Gasteiger partial charge in [0.05, 0.1) is 37.9 Å². The Morgan fingerprint density at radius 3 is 2.54 bits per heavy atom. The second kappa shape index (κ2) is 7.33. The van der Waals surface area contributed by atoms with Crippen LogP contribution in [0.5, 0.6) is 17.2 Å². The number of ether oxygens (including phenoxy) is 5. The van der Waals surface area contributed by atoms with E-state index in [1.165, 1.54) is 7.11 Å². The fourth-order valence-electron chi connectivity index (χ4n) is 3.55. The van der Waals surface area contributed by atoms with Crippen LogP contribution in [0.4, 0.5) is 0 Å². The van der Waals surface area contributed by atoms with Gasteiger partial charge in [-0.25, -0.2) is 4.79 Å². The minimum absolute atomic E-state index is 0.00780. The molecule has 0 atom stereocenters. The Morgan fingerprint density at radius 1 is 1.07 bits per heavy atom. The van der Waals surface area contributed by atoms with Crippen molar-refractivity contribution in [2.75, 3.05) is 40.6 Å². The molecule has 4 rings (SSSR count). The fraction of sp³-hybridized carbons (Fsp3) is 0.381. The normalized spacial score (nSPS) is 16.9. The zero-order valence-corrected chi connectivity index (χ0v) is 15.8. The highest BCUT2D eigenvalue weighted by Gasteiger charge is 2.40. The Kier molecular flexibility index (Phi) is 4.87. The van der Waals surface area contributed by atoms with E-state index in [0.717, 1.165) is 16.7 Å². The molecule has 0 spiro atoms. The number of phenolic OH excluding ortho intramolecular Hbond substituents is 1. The molecular formula is C21H22O7. The molecular weight excluding hydrogens is 364 g/mol. The maximum atomic E-state index is 11.7. The largest absolute Gasteiger partial charge is 0.504 e. The van der Waals surface area contributed by atoms with E-state index < -0.39 is 0 Å². The van der Waals surface area contributed by atoms with Gasteiger partial charge in [0.2, 0.25) is 5.75 Å². The van der Waals surface area contributed by atoms with E-state index >= 15 is 0 Å². The standard InChI is InChI=1S/C21H22O7/c1-24-9-21(10-26-11-21)12-28-18-15(5-6-17(22)19(18)25-2)13-3-4-16-14(7-13)8-27-20(16)23/h3-7,22H,8-12H2,1-2H3. The lowest BCUT2D eigenvalue weighted by molar-refractivity contribution is -0.159. The van der Waals surface area contributed by atoms with Crippen molar-refractivity contribution in [1.82, 2.24) is 0 Å². The van der Waals surface area contributed by atoms with E-state index in [1.54, 1.807) is 25.3 Å². The quantitative estimate of drug-likeness (QED) is 0.733. The average Bonchev–Trinajstić information content (AvgIpc) is 3.04. The van der Waals surface area contributed by atoms with Crippen LogP contribution in [0.1, 0.15) is 15.9 Å². The SMILES string of the molecule is COCC1(COc2c(-c3ccc4c(c3)COC4=O)ccc(O)c2OC)COC1. The lowest BCUT2D eigenvalue weighted by Gasteiger charge is -2.40. The molecule has 2 heterocycles. The monoisotopic (exact) mass is 386 g/mol. The van der Waals surface area contributed by atoms with Gasteiger partial charge in [-0.15, -0.1) is 0 Å². The van der Waals surface area contributed by atoms with Gasteiger partial charge >= 0.3 is 5.97 Å². The number of cyclic esters (lactones) is 1. The highest BCUT2D eigenvalue weighted by molar-refractivity contribution is 5.94. The van der Waals surface area contributed by atoms with E-state index in [4.69, 9.17) is 23.7 Å². The Hall–Kier alpha value is -2.77. The molecule has 2 aliphatic heterocycles. The van der Waals surface area contributed by atoms with Crippen LogP contribution in [0.2, 0.25) is 0 Å². The second-order valence-electron chi connectivity index (χ2n) is 7.16. The number of phenols is 1. The van der Waals surface area contributed by atoms with E-state index in [1.807, 2.05) is 12.1 Å². The molecule has 7 heteroatoms. The van der Waals surface area contributed by atoms with Crippen molar-refractivity contribution in [2.45, 2.75) is 6.61 Å². The van der Waals surface area contributed by atoms with Crippen molar-refractivity contribution in [3.8, 4) is 28.4 Å². The molecule has 2 aromatic rings. The van der Waals surface area contributed by atoms with Crippen LogP contribution in [0.15, 0.2) is 30.3 Å². The number of hydrogen-bond acceptors (Lipinski definition) is 7. The number of benzene rings is 2. The second-order valence-corrected chi connectivity index (χ2v) is 7.16. The number of aromatic hydroxyl groups is 1. The minimum atomic E-state index is -0.312. The summed E-state index contributed by atoms with van der Waals surface area (Å²) in [7, 11) is 3.13. The summed E-state index contributed by atoms with van der Waals surface area (Å²) in [6.07, 6.45) is 0. The van der Waals surface area contributed by atoms with Crippen LogP contribution in [-0.2, 0) is 20.8 Å². The summed E-state index contributed by atoms with van der Waals surface area (Å²) in [6, 6.07) is 8.81. The van der Waals surface area contributed by atoms with Crippen LogP contribution in [-0.4, -0.2) is 51.7 Å². The van der Waals surface area contributed by atoms with Gasteiger partial charge in [-0.2, -0.15) is 0 Å². The summed E-state index contributed by atoms with van der Waals surface area (Å²) < 4.78 is 27.3. The summed E-state index contributed by atoms with van der Waals surface area (Å²) >= 11 is 0. The summed E-state index contributed by atoms with van der Waals surface area (Å²) in [4.78, 5) is 11.7. The molecule has 1 fully saturated rings. The molecule has 0 aliphatic carbocycles. The molecule has 0 amide bonds. The molecule has 7 nitrogen and oxygen atoms in total. The smallest absolute Gasteiger partial charge is 0.338 e. The van der Waals surface area contributed by atoms with Crippen LogP contribution < -0.4 is 9.47 Å². The third-order valence-corrected chi connectivity index (χ3v) is 5.08. The lowest BCUT2D eigenvalue weighted by atomic mass is 9.88. The molecule has 28 heavy (non-hydrogen) atoms. The van der Waals surface area contributed by atoms with Crippen molar-refractivity contribution in [3.05, 3.63) is 41.5 Å². The molecule has 1 saturated heterocycles. The molecule has 1 N–H and O–H groups in total. The number of methoxy groups -OCH3 is 2. The number of carbonyl (C=O) groups excluding carboxylic acids is 1. The summed E-state index contributed by atoms with van der Waals surface area (Å²) in [5.74, 6) is 0.382. The van der Waals surface area contributed by atoms with Crippen molar-refractivity contribution in [2.24, 2.45) is 5.41 Å². The zero-order chi connectivity index (χ0) is 19.7. The van der Waals surface area contributed by atoms with Gasteiger partial charge in [-0.05, 0) is 29.8 Å². The van der Waals surface area contributed by atoms with Crippen LogP contribution in [0.25, 0.3) is 11.1 Å². The van der Waals surface area contributed by atoms with Crippen molar-refractivity contribution in [1.29, 1.82) is 0 Å². The van der Waals surface area contributed by atoms with E-state index in [9.17, 15) is 9.90 Å². The third-order valence-electron chi connectivity index (χ3n) is 5.08. The highest BCUT2D eigenvalue weighted by Crippen LogP contribution is 2.45. The Bertz CT molecular complexity index is 902. The number of carbonyl (C=O) groups is 1. The Morgan fingerprint density at radius 2 is 1.86 bits per heavy atom. The molecule has 0 unspecified atom stereocenters. The number of rotatable bonds is 7. The zero-order valence-electron chi connectivity index (χ0n) is 15.8. The molecule has 0 bridgehead atoms. The Labute approximate surface area is 162 Å². The van der Waals surface area contributed by atoms with Crippen LogP contribution in [0.3, 0.4) is 0 Å². The molecule has 0 saturated carbocycles. The summed E-state index contributed by atoms with van der Waals surface area (Å²) in [5.41, 5.74) is 2.77. The van der Waals surface area contributed by atoms with Crippen LogP contribution in [0, 0.1) is 5.41 Å². The molecule has 2 aromatic carbocycles. The van der Waals surface area contributed by atoms with Gasteiger partial charge < -0.3 is 28.8 Å². The average molecular weight is 386 g/mol. The third kappa shape index (κ3) is 3.16. The highest BCUT2D eigenvalue weighted by atomic mass is 16.5. The topological polar surface area (TPSA) is 83.5 Å². The first-order valence-electron chi connectivity index (χ1n) is 8.97. The van der Waals surface area contributed by atoms with Crippen molar-refractivity contribution in [3.63, 3.8) is 0 Å². The molecule has 0 aromatic heterocycles. The van der Waals surface area contributed by atoms with Gasteiger partial charge in [0.15, 0.2) is 11.5 Å². The maximum absolute atomic E-state index is 11.7. The molecule has 2 aliphatic rings. The van der Waals surface area contributed by atoms with Gasteiger partial charge in [-0.3, -0.25) is 0 Å². The first-order valence-corrected chi connectivity index (χ1v) is 8.97. The first-order chi connectivity index (χ1) is 13.6. The minimum Gasteiger partial charge on any atom is -0.504 e. The predicted molar refractivity (Wildman–Crippen MR) is 99.8 cm³/mol. The van der Waals surface area contributed by atoms with E-state index in [-0.39, 0.29) is 29.5 Å². The number of hydrogen-bond donors (Lipinski definition) is 1. The lowest BCUT2D eigenvalue weighted by Crippen LogP contribution is -2.50. The van der Waals surface area contributed by atoms with Gasteiger partial charge in [-0.1, -0.05) is 6.07 Å². The van der Waals surface area contributed by atoms with Gasteiger partial charge in [0, 0.05) is 18.2 Å². The number of esters is 1. The van der Waals surface area contributed by atoms with Crippen molar-refractivity contribution >= 4 is 5.97 Å². The number of fused-ring (bicyclic) bond motifs is 1. The summed E-state index contributed by atoms with van der Waals surface area (Å²) in [6.45, 7) is 2.23. The molecule has 0 radical (unpaired) electrons. The van der Waals surface area contributed by atoms with Crippen molar-refractivity contribution < 1.29 is 33.6 Å². The van der Waals surface area contributed by atoms with E-state index in [2.05, 4.69) is 0 Å². The Balaban J connectivity index is 1.71. The maximum Gasteiger partial charge on any atom is 0.338 e.